The Balaban J connectivity index is 1.34. The zero-order chi connectivity index (χ0) is 24.7. The van der Waals surface area contributed by atoms with Gasteiger partial charge in [0.1, 0.15) is 18.1 Å². The van der Waals surface area contributed by atoms with Crippen molar-refractivity contribution < 1.29 is 19.4 Å². The van der Waals surface area contributed by atoms with Crippen LogP contribution in [0, 0.1) is 5.92 Å². The van der Waals surface area contributed by atoms with Crippen LogP contribution in [0.2, 0.25) is 0 Å². The summed E-state index contributed by atoms with van der Waals surface area (Å²) >= 11 is 0. The van der Waals surface area contributed by atoms with Gasteiger partial charge in [0.05, 0.1) is 12.6 Å². The number of carboxylic acid groups (broad SMARTS) is 1. The molecule has 0 radical (unpaired) electrons. The number of rotatable bonds is 10. The van der Waals surface area contributed by atoms with Crippen LogP contribution in [0.25, 0.3) is 6.08 Å². The highest BCUT2D eigenvalue weighted by Crippen LogP contribution is 2.34. The molecule has 2 aromatic heterocycles. The average molecular weight is 487 g/mol. The third kappa shape index (κ3) is 5.76. The summed E-state index contributed by atoms with van der Waals surface area (Å²) in [6, 6.07) is 13.7. The molecule has 2 aliphatic heterocycles. The number of carboxylic acids is 1. The van der Waals surface area contributed by atoms with E-state index in [-0.39, 0.29) is 19.1 Å². The zero-order valence-corrected chi connectivity index (χ0v) is 20.0. The molecule has 36 heavy (non-hydrogen) atoms. The summed E-state index contributed by atoms with van der Waals surface area (Å²) in [4.78, 5) is 16.5. The molecule has 0 saturated carbocycles. The number of ether oxygens (including phenoxy) is 2. The number of nitrogens with zero attached hydrogens (tertiary/aromatic N) is 3. The Morgan fingerprint density at radius 3 is 2.92 bits per heavy atom. The Kier molecular flexibility index (Phi) is 7.30. The van der Waals surface area contributed by atoms with Crippen LogP contribution in [0.4, 0.5) is 5.82 Å². The largest absolute Gasteiger partial charge is 0.481 e. The Hall–Kier alpha value is -4.07. The molecule has 8 nitrogen and oxygen atoms in total. The van der Waals surface area contributed by atoms with E-state index in [4.69, 9.17) is 14.5 Å². The fourth-order valence-corrected chi connectivity index (χ4v) is 4.81. The molecule has 4 heterocycles. The maximum absolute atomic E-state index is 11.8. The highest BCUT2D eigenvalue weighted by Gasteiger charge is 2.33. The summed E-state index contributed by atoms with van der Waals surface area (Å²) in [5.74, 6) is 0.445. The normalized spacial score (nSPS) is 16.4. The summed E-state index contributed by atoms with van der Waals surface area (Å²) in [6.07, 6.45) is 12.8. The van der Waals surface area contributed by atoms with Gasteiger partial charge in [-0.25, -0.2) is 4.98 Å². The first-order valence-corrected chi connectivity index (χ1v) is 12.3. The summed E-state index contributed by atoms with van der Waals surface area (Å²) < 4.78 is 12.8. The van der Waals surface area contributed by atoms with E-state index >= 15 is 0 Å². The van der Waals surface area contributed by atoms with Crippen molar-refractivity contribution in [1.29, 1.82) is 0 Å². The van der Waals surface area contributed by atoms with Gasteiger partial charge in [0.25, 0.3) is 0 Å². The quantitative estimate of drug-likeness (QED) is 0.432. The number of carbonyl (C=O) groups is 1. The molecule has 8 heteroatoms. The maximum Gasteiger partial charge on any atom is 0.303 e. The van der Waals surface area contributed by atoms with Crippen LogP contribution in [0.5, 0.6) is 0 Å². The van der Waals surface area contributed by atoms with Gasteiger partial charge in [-0.1, -0.05) is 48.6 Å². The van der Waals surface area contributed by atoms with Gasteiger partial charge in [0, 0.05) is 36.3 Å². The lowest BCUT2D eigenvalue weighted by Gasteiger charge is -2.26. The number of anilines is 1. The van der Waals surface area contributed by atoms with E-state index in [0.717, 1.165) is 42.0 Å². The first kappa shape index (κ1) is 23.7. The Morgan fingerprint density at radius 2 is 2.11 bits per heavy atom. The monoisotopic (exact) mass is 486 g/mol. The number of aromatic nitrogens is 3. The minimum absolute atomic E-state index is 0.0245. The molecule has 0 saturated heterocycles. The molecular formula is C28H30N4O4. The molecule has 0 bridgehead atoms. The Morgan fingerprint density at radius 1 is 1.22 bits per heavy atom. The van der Waals surface area contributed by atoms with Gasteiger partial charge in [-0.2, -0.15) is 5.10 Å². The molecule has 5 rings (SSSR count). The third-order valence-electron chi connectivity index (χ3n) is 6.50. The highest BCUT2D eigenvalue weighted by molar-refractivity contribution is 5.67. The van der Waals surface area contributed by atoms with Crippen LogP contribution >= 0.6 is 0 Å². The van der Waals surface area contributed by atoms with Crippen molar-refractivity contribution in [3.05, 3.63) is 95.3 Å². The number of aliphatic carboxylic acids is 1. The smallest absolute Gasteiger partial charge is 0.303 e. The second kappa shape index (κ2) is 11.1. The topological polar surface area (TPSA) is 98.5 Å². The number of fused-ring (bicyclic) bond motifs is 1. The molecular weight excluding hydrogens is 456 g/mol. The number of pyridine rings is 1. The lowest BCUT2D eigenvalue weighted by molar-refractivity contribution is -0.138. The molecule has 186 valence electrons. The zero-order valence-electron chi connectivity index (χ0n) is 20.0. The maximum atomic E-state index is 11.8. The van der Waals surface area contributed by atoms with E-state index in [1.54, 1.807) is 17.1 Å². The predicted octanol–water partition coefficient (Wildman–Crippen LogP) is 4.61. The van der Waals surface area contributed by atoms with E-state index in [2.05, 4.69) is 28.6 Å². The Labute approximate surface area is 210 Å². The molecule has 0 aliphatic carbocycles. The van der Waals surface area contributed by atoms with Crippen LogP contribution < -0.4 is 5.32 Å². The van der Waals surface area contributed by atoms with Gasteiger partial charge in [-0.15, -0.1) is 0 Å². The second-order valence-corrected chi connectivity index (χ2v) is 9.14. The SMILES string of the molecule is O=C(O)CC(Cc1ccccc1)C(C1=COCO1)n1cc(C=CCc2ccc3c(n2)NCCC3)cn1. The van der Waals surface area contributed by atoms with Crippen LogP contribution in [0.15, 0.2) is 73.0 Å². The lowest BCUT2D eigenvalue weighted by Crippen LogP contribution is -2.26. The predicted molar refractivity (Wildman–Crippen MR) is 136 cm³/mol. The fourth-order valence-electron chi connectivity index (χ4n) is 4.81. The summed E-state index contributed by atoms with van der Waals surface area (Å²) in [7, 11) is 0. The minimum Gasteiger partial charge on any atom is -0.481 e. The minimum atomic E-state index is -0.861. The van der Waals surface area contributed by atoms with Crippen molar-refractivity contribution in [2.75, 3.05) is 18.7 Å². The number of allylic oxidation sites excluding steroid dienone is 2. The van der Waals surface area contributed by atoms with Crippen molar-refractivity contribution in [3.8, 4) is 0 Å². The van der Waals surface area contributed by atoms with Gasteiger partial charge in [-0.05, 0) is 36.5 Å². The lowest BCUT2D eigenvalue weighted by atomic mass is 9.88. The molecule has 3 aromatic rings. The van der Waals surface area contributed by atoms with E-state index in [0.29, 0.717) is 18.6 Å². The van der Waals surface area contributed by atoms with E-state index < -0.39 is 12.0 Å². The van der Waals surface area contributed by atoms with Crippen molar-refractivity contribution in [2.24, 2.45) is 5.92 Å². The molecule has 2 unspecified atom stereocenters. The number of benzene rings is 1. The van der Waals surface area contributed by atoms with Crippen molar-refractivity contribution >= 4 is 17.9 Å². The highest BCUT2D eigenvalue weighted by atomic mass is 16.7. The average Bonchev–Trinajstić information content (AvgIpc) is 3.58. The van der Waals surface area contributed by atoms with Crippen LogP contribution in [0.1, 0.15) is 41.3 Å². The van der Waals surface area contributed by atoms with Crippen molar-refractivity contribution in [3.63, 3.8) is 0 Å². The van der Waals surface area contributed by atoms with Crippen molar-refractivity contribution in [1.82, 2.24) is 14.8 Å². The van der Waals surface area contributed by atoms with Crippen LogP contribution in [-0.4, -0.2) is 39.2 Å². The number of aryl methyl sites for hydroxylation is 1. The molecule has 2 N–H and O–H groups in total. The number of hydrogen-bond acceptors (Lipinski definition) is 6. The molecule has 0 spiro atoms. The summed E-state index contributed by atoms with van der Waals surface area (Å²) in [6.45, 7) is 1.09. The van der Waals surface area contributed by atoms with Crippen LogP contribution in [-0.2, 0) is 33.5 Å². The van der Waals surface area contributed by atoms with E-state index in [9.17, 15) is 9.90 Å². The van der Waals surface area contributed by atoms with Crippen LogP contribution in [0.3, 0.4) is 0 Å². The molecule has 0 amide bonds. The van der Waals surface area contributed by atoms with Gasteiger partial charge in [-0.3, -0.25) is 9.48 Å². The third-order valence-corrected chi connectivity index (χ3v) is 6.50. The van der Waals surface area contributed by atoms with E-state index in [1.807, 2.05) is 42.6 Å². The van der Waals surface area contributed by atoms with Crippen molar-refractivity contribution in [2.45, 2.75) is 38.1 Å². The molecule has 0 fully saturated rings. The number of nitrogens with one attached hydrogen (secondary N) is 1. The Bertz CT molecular complexity index is 1250. The second-order valence-electron chi connectivity index (χ2n) is 9.14. The van der Waals surface area contributed by atoms with Gasteiger partial charge in [0.2, 0.25) is 6.79 Å². The standard InChI is InChI=1S/C28H30N4O4/c33-26(34)15-23(14-20-6-2-1-3-7-20)27(25-18-35-19-36-25)32-17-21(16-30-32)8-4-10-24-12-11-22-9-5-13-29-28(22)31-24/h1-4,6-8,11-12,16-18,23,27H,5,9-10,13-15,19H2,(H,29,31)(H,33,34). The molecule has 2 aliphatic rings. The molecule has 1 aromatic carbocycles. The van der Waals surface area contributed by atoms with Gasteiger partial charge < -0.3 is 19.9 Å². The van der Waals surface area contributed by atoms with Gasteiger partial charge >= 0.3 is 5.97 Å². The first-order chi connectivity index (χ1) is 17.7. The fraction of sp³-hybridized carbons (Fsp3) is 0.321. The molecule has 2 atom stereocenters. The summed E-state index contributed by atoms with van der Waals surface area (Å²) in [5.41, 5.74) is 4.27. The first-order valence-electron chi connectivity index (χ1n) is 12.3. The van der Waals surface area contributed by atoms with Gasteiger partial charge in [0.15, 0.2) is 5.76 Å². The summed E-state index contributed by atoms with van der Waals surface area (Å²) in [5, 5.41) is 17.6. The number of hydrogen-bond donors (Lipinski definition) is 2. The van der Waals surface area contributed by atoms with E-state index in [1.165, 1.54) is 5.56 Å².